The fraction of sp³-hybridized carbons (Fsp3) is 0.250. The molecule has 66 valence electrons. The summed E-state index contributed by atoms with van der Waals surface area (Å²) in [6.07, 6.45) is 0. The summed E-state index contributed by atoms with van der Waals surface area (Å²) in [5.41, 5.74) is 0. The van der Waals surface area contributed by atoms with Gasteiger partial charge >= 0.3 is 0 Å². The number of aliphatic hydroxyl groups is 1. The number of halogens is 2. The second-order valence-corrected chi connectivity index (χ2v) is 4.45. The predicted molar refractivity (Wildman–Crippen MR) is 64.5 cm³/mol. The Bertz CT molecular complexity index is 243. The molecule has 4 heteroatoms. The molecular formula is C8H8I2O2. The fourth-order valence-corrected chi connectivity index (χ4v) is 2.59. The summed E-state index contributed by atoms with van der Waals surface area (Å²) in [6, 6.07) is 5.94. The van der Waals surface area contributed by atoms with Crippen molar-refractivity contribution in [1.29, 1.82) is 0 Å². The van der Waals surface area contributed by atoms with Crippen LogP contribution in [0.25, 0.3) is 0 Å². The van der Waals surface area contributed by atoms with Gasteiger partial charge in [0, 0.05) is 0 Å². The third-order valence-corrected chi connectivity index (χ3v) is 2.96. The van der Waals surface area contributed by atoms with E-state index < -0.39 is 0 Å². The van der Waals surface area contributed by atoms with Gasteiger partial charge in [0.05, 0.1) is 13.7 Å². The van der Waals surface area contributed by atoms with Crippen LogP contribution in [0.4, 0.5) is 0 Å². The molecule has 0 unspecified atom stereocenters. The highest BCUT2D eigenvalue weighted by molar-refractivity contribution is 14.1. The summed E-state index contributed by atoms with van der Waals surface area (Å²) in [6.45, 7) is 0.414. The van der Waals surface area contributed by atoms with Gasteiger partial charge in [-0.25, -0.2) is 0 Å². The van der Waals surface area contributed by atoms with Crippen molar-refractivity contribution in [1.82, 2.24) is 0 Å². The van der Waals surface area contributed by atoms with E-state index in [0.717, 1.165) is 12.9 Å². The van der Waals surface area contributed by atoms with Gasteiger partial charge < -0.3 is 9.84 Å². The van der Waals surface area contributed by atoms with Crippen LogP contribution in [0.5, 0.6) is 5.75 Å². The fourth-order valence-electron chi connectivity index (χ4n) is 0.768. The van der Waals surface area contributed by atoms with Crippen molar-refractivity contribution in [3.8, 4) is 5.75 Å². The number of hydrogen-bond acceptors (Lipinski definition) is 2. The molecular weight excluding hydrogens is 382 g/mol. The van der Waals surface area contributed by atoms with Gasteiger partial charge in [0.15, 0.2) is 0 Å². The van der Waals surface area contributed by atoms with Crippen LogP contribution in [0.15, 0.2) is 18.2 Å². The number of aliphatic hydroxyl groups excluding tert-OH is 1. The molecule has 0 bridgehead atoms. The van der Waals surface area contributed by atoms with Crippen molar-refractivity contribution in [3.63, 3.8) is 0 Å². The Kier molecular flexibility index (Phi) is 4.59. The van der Waals surface area contributed by atoms with E-state index in [1.165, 1.54) is 0 Å². The largest absolute Gasteiger partial charge is 0.489 e. The van der Waals surface area contributed by atoms with E-state index >= 15 is 0 Å². The van der Waals surface area contributed by atoms with Gasteiger partial charge in [-0.3, -0.25) is 0 Å². The van der Waals surface area contributed by atoms with Crippen molar-refractivity contribution >= 4 is 45.2 Å². The zero-order chi connectivity index (χ0) is 8.97. The van der Waals surface area contributed by atoms with Crippen LogP contribution in [0.1, 0.15) is 0 Å². The van der Waals surface area contributed by atoms with Crippen LogP contribution in [-0.2, 0) is 0 Å². The molecule has 0 radical (unpaired) electrons. The van der Waals surface area contributed by atoms with Gasteiger partial charge in [-0.2, -0.15) is 0 Å². The molecule has 0 atom stereocenters. The molecule has 0 heterocycles. The zero-order valence-corrected chi connectivity index (χ0v) is 10.6. The van der Waals surface area contributed by atoms with Crippen LogP contribution in [-0.4, -0.2) is 18.3 Å². The lowest BCUT2D eigenvalue weighted by molar-refractivity contribution is 0.199. The van der Waals surface area contributed by atoms with Gasteiger partial charge in [-0.05, 0) is 57.3 Å². The Hall–Kier alpha value is 0.440. The number of rotatable bonds is 3. The van der Waals surface area contributed by atoms with Crippen LogP contribution in [0, 0.1) is 7.14 Å². The molecule has 0 aliphatic rings. The van der Waals surface area contributed by atoms with Gasteiger partial charge in [-0.15, -0.1) is 0 Å². The lowest BCUT2D eigenvalue weighted by Crippen LogP contribution is -2.03. The Morgan fingerprint density at radius 3 is 2.33 bits per heavy atom. The van der Waals surface area contributed by atoms with Crippen molar-refractivity contribution in [3.05, 3.63) is 25.3 Å². The summed E-state index contributed by atoms with van der Waals surface area (Å²) < 4.78 is 7.51. The Labute approximate surface area is 98.6 Å². The molecule has 1 aromatic rings. The lowest BCUT2D eigenvalue weighted by Gasteiger charge is -2.07. The molecule has 0 amide bonds. The van der Waals surface area contributed by atoms with Gasteiger partial charge in [0.25, 0.3) is 0 Å². The van der Waals surface area contributed by atoms with Crippen molar-refractivity contribution in [2.24, 2.45) is 0 Å². The molecule has 1 aromatic carbocycles. The number of hydrogen-bond donors (Lipinski definition) is 1. The summed E-state index contributed by atoms with van der Waals surface area (Å²) >= 11 is 4.43. The maximum absolute atomic E-state index is 8.58. The number of para-hydroxylation sites is 1. The minimum atomic E-state index is 0.0566. The van der Waals surface area contributed by atoms with E-state index in [-0.39, 0.29) is 6.61 Å². The molecule has 0 fully saturated rings. The highest BCUT2D eigenvalue weighted by atomic mass is 127. The molecule has 0 saturated carbocycles. The predicted octanol–water partition coefficient (Wildman–Crippen LogP) is 2.27. The van der Waals surface area contributed by atoms with Gasteiger partial charge in [0.1, 0.15) is 12.4 Å². The van der Waals surface area contributed by atoms with Crippen LogP contribution in [0.3, 0.4) is 0 Å². The Balaban J connectivity index is 2.81. The average molecular weight is 390 g/mol. The van der Waals surface area contributed by atoms with Crippen molar-refractivity contribution in [2.45, 2.75) is 0 Å². The lowest BCUT2D eigenvalue weighted by atomic mass is 10.3. The second-order valence-electron chi connectivity index (χ2n) is 2.12. The molecule has 0 aromatic heterocycles. The molecule has 0 aliphatic heterocycles. The van der Waals surface area contributed by atoms with E-state index in [0.29, 0.717) is 6.61 Å². The van der Waals surface area contributed by atoms with E-state index in [9.17, 15) is 0 Å². The molecule has 2 nitrogen and oxygen atoms in total. The highest BCUT2D eigenvalue weighted by Crippen LogP contribution is 2.26. The van der Waals surface area contributed by atoms with Crippen LogP contribution < -0.4 is 4.74 Å². The normalized spacial score (nSPS) is 9.92. The number of ether oxygens (including phenoxy) is 1. The molecule has 1 rings (SSSR count). The van der Waals surface area contributed by atoms with Crippen molar-refractivity contribution in [2.75, 3.05) is 13.2 Å². The summed E-state index contributed by atoms with van der Waals surface area (Å²) in [5.74, 6) is 0.868. The summed E-state index contributed by atoms with van der Waals surface area (Å²) in [5, 5.41) is 8.58. The first kappa shape index (κ1) is 10.5. The SMILES string of the molecule is OCCOc1c(I)cccc1I. The van der Waals surface area contributed by atoms with Gasteiger partial charge in [0.2, 0.25) is 0 Å². The first-order chi connectivity index (χ1) is 5.75. The molecule has 0 aliphatic carbocycles. The minimum Gasteiger partial charge on any atom is -0.489 e. The number of benzene rings is 1. The summed E-state index contributed by atoms with van der Waals surface area (Å²) in [4.78, 5) is 0. The Morgan fingerprint density at radius 1 is 1.25 bits per heavy atom. The quantitative estimate of drug-likeness (QED) is 0.803. The minimum absolute atomic E-state index is 0.0566. The molecule has 0 saturated heterocycles. The van der Waals surface area contributed by atoms with E-state index in [1.54, 1.807) is 0 Å². The topological polar surface area (TPSA) is 29.5 Å². The monoisotopic (exact) mass is 390 g/mol. The maximum atomic E-state index is 8.58. The smallest absolute Gasteiger partial charge is 0.146 e. The zero-order valence-electron chi connectivity index (χ0n) is 6.26. The van der Waals surface area contributed by atoms with Gasteiger partial charge in [-0.1, -0.05) is 6.07 Å². The standard InChI is InChI=1S/C8H8I2O2/c9-6-2-1-3-7(10)8(6)12-5-4-11/h1-3,11H,4-5H2. The third-order valence-electron chi connectivity index (χ3n) is 1.26. The summed E-state index contributed by atoms with van der Waals surface area (Å²) in [7, 11) is 0. The van der Waals surface area contributed by atoms with E-state index in [4.69, 9.17) is 9.84 Å². The Morgan fingerprint density at radius 2 is 1.83 bits per heavy atom. The first-order valence-corrected chi connectivity index (χ1v) is 5.59. The maximum Gasteiger partial charge on any atom is 0.146 e. The van der Waals surface area contributed by atoms with Crippen molar-refractivity contribution < 1.29 is 9.84 Å². The third kappa shape index (κ3) is 2.74. The average Bonchev–Trinajstić information content (AvgIpc) is 2.04. The molecule has 12 heavy (non-hydrogen) atoms. The van der Waals surface area contributed by atoms with Crippen LogP contribution in [0.2, 0.25) is 0 Å². The van der Waals surface area contributed by atoms with Crippen LogP contribution >= 0.6 is 45.2 Å². The second kappa shape index (κ2) is 5.23. The molecule has 0 spiro atoms. The van der Waals surface area contributed by atoms with E-state index in [1.807, 2.05) is 18.2 Å². The van der Waals surface area contributed by atoms with E-state index in [2.05, 4.69) is 45.2 Å². The molecule has 1 N–H and O–H groups in total. The first-order valence-electron chi connectivity index (χ1n) is 3.43. The highest BCUT2D eigenvalue weighted by Gasteiger charge is 2.03.